The number of rotatable bonds is 5. The van der Waals surface area contributed by atoms with Crippen LogP contribution in [0.4, 0.5) is 0 Å². The van der Waals surface area contributed by atoms with E-state index in [1.54, 1.807) is 0 Å². The van der Waals surface area contributed by atoms with Crippen molar-refractivity contribution in [1.82, 2.24) is 5.32 Å². The standard InChI is InChI=1S/C11H23NO/c1-2-7-12-8-10-5-3-4-6-11(10)9-13/h10-13H,2-9H2,1H3. The fourth-order valence-corrected chi connectivity index (χ4v) is 2.26. The van der Waals surface area contributed by atoms with Crippen molar-refractivity contribution in [2.45, 2.75) is 39.0 Å². The summed E-state index contributed by atoms with van der Waals surface area (Å²) in [5.74, 6) is 1.29. The largest absolute Gasteiger partial charge is 0.396 e. The summed E-state index contributed by atoms with van der Waals surface area (Å²) in [6, 6.07) is 0. The van der Waals surface area contributed by atoms with Gasteiger partial charge in [0.05, 0.1) is 0 Å². The van der Waals surface area contributed by atoms with E-state index >= 15 is 0 Å². The van der Waals surface area contributed by atoms with Gasteiger partial charge in [0.2, 0.25) is 0 Å². The van der Waals surface area contributed by atoms with Gasteiger partial charge in [0.15, 0.2) is 0 Å². The molecule has 0 radical (unpaired) electrons. The Morgan fingerprint density at radius 1 is 1.23 bits per heavy atom. The molecule has 0 amide bonds. The molecule has 0 spiro atoms. The van der Waals surface area contributed by atoms with Crippen LogP contribution in [0.2, 0.25) is 0 Å². The maximum atomic E-state index is 9.19. The van der Waals surface area contributed by atoms with Crippen molar-refractivity contribution in [3.8, 4) is 0 Å². The molecular formula is C11H23NO. The Morgan fingerprint density at radius 2 is 1.92 bits per heavy atom. The van der Waals surface area contributed by atoms with Crippen LogP contribution in [-0.2, 0) is 0 Å². The third-order valence-corrected chi connectivity index (χ3v) is 3.13. The number of hydrogen-bond acceptors (Lipinski definition) is 2. The predicted molar refractivity (Wildman–Crippen MR) is 55.7 cm³/mol. The molecule has 0 heterocycles. The van der Waals surface area contributed by atoms with Gasteiger partial charge in [-0.05, 0) is 44.2 Å². The van der Waals surface area contributed by atoms with Gasteiger partial charge in [-0.2, -0.15) is 0 Å². The molecule has 2 heteroatoms. The molecule has 78 valence electrons. The first-order chi connectivity index (χ1) is 6.38. The molecule has 1 saturated carbocycles. The first-order valence-corrected chi connectivity index (χ1v) is 5.70. The first kappa shape index (κ1) is 11.0. The van der Waals surface area contributed by atoms with Gasteiger partial charge in [-0.15, -0.1) is 0 Å². The predicted octanol–water partition coefficient (Wildman–Crippen LogP) is 1.78. The van der Waals surface area contributed by atoms with Gasteiger partial charge < -0.3 is 10.4 Å². The molecule has 1 aliphatic rings. The molecule has 1 fully saturated rings. The number of hydrogen-bond donors (Lipinski definition) is 2. The minimum atomic E-state index is 0.387. The van der Waals surface area contributed by atoms with Crippen molar-refractivity contribution < 1.29 is 5.11 Å². The van der Waals surface area contributed by atoms with Gasteiger partial charge in [0.25, 0.3) is 0 Å². The van der Waals surface area contributed by atoms with Gasteiger partial charge in [-0.25, -0.2) is 0 Å². The van der Waals surface area contributed by atoms with E-state index in [1.807, 2.05) is 0 Å². The van der Waals surface area contributed by atoms with Crippen molar-refractivity contribution in [3.05, 3.63) is 0 Å². The Balaban J connectivity index is 2.19. The lowest BCUT2D eigenvalue weighted by molar-refractivity contribution is 0.133. The molecule has 0 aromatic heterocycles. The number of aliphatic hydroxyl groups is 1. The van der Waals surface area contributed by atoms with Gasteiger partial charge >= 0.3 is 0 Å². The maximum Gasteiger partial charge on any atom is 0.0462 e. The van der Waals surface area contributed by atoms with Crippen LogP contribution in [-0.4, -0.2) is 24.8 Å². The molecule has 0 aliphatic heterocycles. The highest BCUT2D eigenvalue weighted by atomic mass is 16.3. The van der Waals surface area contributed by atoms with Gasteiger partial charge in [0.1, 0.15) is 0 Å². The number of nitrogens with one attached hydrogen (secondary N) is 1. The Kier molecular flexibility index (Phi) is 5.40. The smallest absolute Gasteiger partial charge is 0.0462 e. The molecule has 0 bridgehead atoms. The third-order valence-electron chi connectivity index (χ3n) is 3.13. The summed E-state index contributed by atoms with van der Waals surface area (Å²) >= 11 is 0. The van der Waals surface area contributed by atoms with E-state index in [-0.39, 0.29) is 0 Å². The highest BCUT2D eigenvalue weighted by Crippen LogP contribution is 2.28. The third kappa shape index (κ3) is 3.65. The lowest BCUT2D eigenvalue weighted by Gasteiger charge is -2.30. The van der Waals surface area contributed by atoms with Crippen LogP contribution in [0.15, 0.2) is 0 Å². The quantitative estimate of drug-likeness (QED) is 0.640. The van der Waals surface area contributed by atoms with E-state index in [4.69, 9.17) is 0 Å². The summed E-state index contributed by atoms with van der Waals surface area (Å²) in [4.78, 5) is 0. The molecule has 2 unspecified atom stereocenters. The van der Waals surface area contributed by atoms with Crippen molar-refractivity contribution >= 4 is 0 Å². The van der Waals surface area contributed by atoms with E-state index in [1.165, 1.54) is 32.1 Å². The maximum absolute atomic E-state index is 9.19. The molecule has 0 saturated heterocycles. The lowest BCUT2D eigenvalue weighted by atomic mass is 9.79. The van der Waals surface area contributed by atoms with E-state index in [9.17, 15) is 5.11 Å². The fraction of sp³-hybridized carbons (Fsp3) is 1.00. The van der Waals surface area contributed by atoms with E-state index < -0.39 is 0 Å². The van der Waals surface area contributed by atoms with Crippen LogP contribution in [0.5, 0.6) is 0 Å². The van der Waals surface area contributed by atoms with Crippen LogP contribution in [0.25, 0.3) is 0 Å². The summed E-state index contributed by atoms with van der Waals surface area (Å²) in [5.41, 5.74) is 0. The van der Waals surface area contributed by atoms with Crippen LogP contribution >= 0.6 is 0 Å². The van der Waals surface area contributed by atoms with Crippen molar-refractivity contribution in [3.63, 3.8) is 0 Å². The average Bonchev–Trinajstić information content (AvgIpc) is 2.19. The Morgan fingerprint density at radius 3 is 2.54 bits per heavy atom. The van der Waals surface area contributed by atoms with Crippen molar-refractivity contribution in [2.75, 3.05) is 19.7 Å². The highest BCUT2D eigenvalue weighted by Gasteiger charge is 2.23. The van der Waals surface area contributed by atoms with Crippen LogP contribution in [0, 0.1) is 11.8 Å². The Hall–Kier alpha value is -0.0800. The Bertz CT molecular complexity index is 127. The van der Waals surface area contributed by atoms with Gasteiger partial charge in [0, 0.05) is 6.61 Å². The zero-order chi connectivity index (χ0) is 9.52. The van der Waals surface area contributed by atoms with E-state index in [0.29, 0.717) is 12.5 Å². The summed E-state index contributed by atoms with van der Waals surface area (Å²) in [6.07, 6.45) is 6.41. The number of aliphatic hydroxyl groups excluding tert-OH is 1. The summed E-state index contributed by atoms with van der Waals surface area (Å²) in [5, 5.41) is 12.6. The SMILES string of the molecule is CCCNCC1CCCCC1CO. The monoisotopic (exact) mass is 185 g/mol. The lowest BCUT2D eigenvalue weighted by Crippen LogP contribution is -2.32. The van der Waals surface area contributed by atoms with Gasteiger partial charge in [-0.3, -0.25) is 0 Å². The molecule has 1 rings (SSSR count). The molecular weight excluding hydrogens is 162 g/mol. The van der Waals surface area contributed by atoms with E-state index in [2.05, 4.69) is 12.2 Å². The normalized spacial score (nSPS) is 29.1. The molecule has 0 aromatic rings. The second-order valence-corrected chi connectivity index (χ2v) is 4.19. The summed E-state index contributed by atoms with van der Waals surface area (Å²) in [7, 11) is 0. The topological polar surface area (TPSA) is 32.3 Å². The second kappa shape index (κ2) is 6.39. The molecule has 1 aliphatic carbocycles. The van der Waals surface area contributed by atoms with Crippen LogP contribution in [0.3, 0.4) is 0 Å². The molecule has 0 aromatic carbocycles. The zero-order valence-electron chi connectivity index (χ0n) is 8.76. The molecule has 2 N–H and O–H groups in total. The van der Waals surface area contributed by atoms with Crippen molar-refractivity contribution in [2.24, 2.45) is 11.8 Å². The zero-order valence-corrected chi connectivity index (χ0v) is 8.76. The first-order valence-electron chi connectivity index (χ1n) is 5.70. The minimum absolute atomic E-state index is 0.387. The fourth-order valence-electron chi connectivity index (χ4n) is 2.26. The van der Waals surface area contributed by atoms with E-state index in [0.717, 1.165) is 19.0 Å². The highest BCUT2D eigenvalue weighted by molar-refractivity contribution is 4.76. The van der Waals surface area contributed by atoms with Gasteiger partial charge in [-0.1, -0.05) is 19.8 Å². The van der Waals surface area contributed by atoms with Crippen LogP contribution < -0.4 is 5.32 Å². The second-order valence-electron chi connectivity index (χ2n) is 4.19. The summed E-state index contributed by atoms with van der Waals surface area (Å²) in [6.45, 7) is 4.81. The molecule has 2 nitrogen and oxygen atoms in total. The summed E-state index contributed by atoms with van der Waals surface area (Å²) < 4.78 is 0. The molecule has 2 atom stereocenters. The van der Waals surface area contributed by atoms with Crippen molar-refractivity contribution in [1.29, 1.82) is 0 Å². The average molecular weight is 185 g/mol. The minimum Gasteiger partial charge on any atom is -0.396 e. The Labute approximate surface area is 81.7 Å². The van der Waals surface area contributed by atoms with Crippen LogP contribution in [0.1, 0.15) is 39.0 Å². The molecule has 13 heavy (non-hydrogen) atoms.